The first-order chi connectivity index (χ1) is 17.2. The fourth-order valence-corrected chi connectivity index (χ4v) is 5.22. The van der Waals surface area contributed by atoms with Gasteiger partial charge in [0.1, 0.15) is 0 Å². The Morgan fingerprint density at radius 3 is 2.43 bits per heavy atom. The number of nitrogens with zero attached hydrogens (tertiary/aromatic N) is 3. The van der Waals surface area contributed by atoms with Gasteiger partial charge in [0.15, 0.2) is 5.82 Å². The third-order valence-corrected chi connectivity index (χ3v) is 7.26. The van der Waals surface area contributed by atoms with Crippen molar-refractivity contribution in [3.05, 3.63) is 66.5 Å². The molecule has 1 aliphatic carbocycles. The number of hydrogen-bond donors (Lipinski definition) is 2. The lowest BCUT2D eigenvalue weighted by Crippen LogP contribution is -2.17. The zero-order valence-electron chi connectivity index (χ0n) is 19.6. The van der Waals surface area contributed by atoms with Crippen LogP contribution in [0, 0.1) is 5.92 Å². The highest BCUT2D eigenvalue weighted by atomic mass is 16.5. The minimum Gasteiger partial charge on any atom is -0.469 e. The van der Waals surface area contributed by atoms with E-state index in [0.717, 1.165) is 64.4 Å². The molecule has 0 saturated heterocycles. The molecule has 1 aliphatic rings. The molecule has 3 aromatic heterocycles. The highest BCUT2D eigenvalue weighted by Gasteiger charge is 2.24. The van der Waals surface area contributed by atoms with E-state index in [1.54, 1.807) is 0 Å². The number of nitrogens with one attached hydrogen (secondary N) is 2. The molecule has 0 radical (unpaired) electrons. The summed E-state index contributed by atoms with van der Waals surface area (Å²) < 4.78 is 4.82. The number of esters is 1. The number of aromatic amines is 2. The SMILES string of the molecule is COC(=O)CC1CCC(c2ccc(-c3ccc(-c4nc5cc6c[nH][nH]c6cc5n4)cn3)cc2)CC1. The highest BCUT2D eigenvalue weighted by Crippen LogP contribution is 2.37. The Bertz CT molecular complexity index is 1430. The van der Waals surface area contributed by atoms with Crippen LogP contribution in [-0.4, -0.2) is 38.2 Å². The number of carbonyl (C=O) groups is 1. The average Bonchev–Trinajstić information content (AvgIpc) is 3.54. The lowest BCUT2D eigenvalue weighted by Gasteiger charge is -2.28. The molecule has 7 heteroatoms. The summed E-state index contributed by atoms with van der Waals surface area (Å²) in [5.41, 5.74) is 7.05. The molecule has 2 N–H and O–H groups in total. The van der Waals surface area contributed by atoms with Gasteiger partial charge in [-0.15, -0.1) is 0 Å². The van der Waals surface area contributed by atoms with Crippen molar-refractivity contribution in [3.8, 4) is 22.6 Å². The molecule has 1 saturated carbocycles. The highest BCUT2D eigenvalue weighted by molar-refractivity contribution is 5.94. The van der Waals surface area contributed by atoms with Crippen LogP contribution in [0.4, 0.5) is 0 Å². The summed E-state index contributed by atoms with van der Waals surface area (Å²) in [5.74, 6) is 1.61. The molecule has 176 valence electrons. The van der Waals surface area contributed by atoms with Crippen LogP contribution < -0.4 is 0 Å². The molecule has 0 amide bonds. The van der Waals surface area contributed by atoms with E-state index in [4.69, 9.17) is 19.7 Å². The Labute approximate surface area is 203 Å². The lowest BCUT2D eigenvalue weighted by molar-refractivity contribution is -0.142. The van der Waals surface area contributed by atoms with E-state index in [1.165, 1.54) is 12.7 Å². The number of fused-ring (bicyclic) bond motifs is 2. The summed E-state index contributed by atoms with van der Waals surface area (Å²) in [7, 11) is 1.47. The maximum atomic E-state index is 11.5. The Balaban J connectivity index is 1.14. The largest absolute Gasteiger partial charge is 0.469 e. The number of H-pyrrole nitrogens is 2. The van der Waals surface area contributed by atoms with Crippen LogP contribution in [0.2, 0.25) is 0 Å². The van der Waals surface area contributed by atoms with Crippen LogP contribution in [0.5, 0.6) is 0 Å². The number of ether oxygens (including phenoxy) is 1. The van der Waals surface area contributed by atoms with Gasteiger partial charge in [-0.3, -0.25) is 9.78 Å². The van der Waals surface area contributed by atoms with Gasteiger partial charge in [0.05, 0.1) is 29.4 Å². The number of benzene rings is 2. The second-order valence-corrected chi connectivity index (χ2v) is 9.44. The van der Waals surface area contributed by atoms with Crippen molar-refractivity contribution >= 4 is 27.9 Å². The van der Waals surface area contributed by atoms with Crippen molar-refractivity contribution in [2.45, 2.75) is 38.0 Å². The maximum absolute atomic E-state index is 11.5. The van der Waals surface area contributed by atoms with Gasteiger partial charge in [-0.05, 0) is 67.3 Å². The van der Waals surface area contributed by atoms with Gasteiger partial charge in [0.2, 0.25) is 0 Å². The van der Waals surface area contributed by atoms with E-state index >= 15 is 0 Å². The molecule has 6 rings (SSSR count). The Morgan fingerprint density at radius 2 is 1.71 bits per heavy atom. The fourth-order valence-electron chi connectivity index (χ4n) is 5.22. The third kappa shape index (κ3) is 4.30. The molecule has 1 fully saturated rings. The minimum atomic E-state index is -0.0914. The standard InChI is InChI=1S/C28H27N5O2/c1-35-27(34)12-17-2-4-18(5-3-17)19-6-8-20(9-7-19)23-11-10-21(15-29-23)28-31-25-13-22-16-30-33-24(22)14-26(25)32-28/h6-11,13-18,30,33H,2-5,12H2,1H3. The van der Waals surface area contributed by atoms with Crippen LogP contribution in [0.25, 0.3) is 44.6 Å². The molecule has 5 aromatic rings. The van der Waals surface area contributed by atoms with Gasteiger partial charge in [-0.25, -0.2) is 9.97 Å². The first kappa shape index (κ1) is 21.5. The van der Waals surface area contributed by atoms with Crippen molar-refractivity contribution in [2.24, 2.45) is 5.92 Å². The van der Waals surface area contributed by atoms with Gasteiger partial charge in [-0.2, -0.15) is 0 Å². The number of methoxy groups -OCH3 is 1. The molecular weight excluding hydrogens is 438 g/mol. The van der Waals surface area contributed by atoms with E-state index in [9.17, 15) is 4.79 Å². The van der Waals surface area contributed by atoms with Crippen LogP contribution in [0.1, 0.15) is 43.6 Å². The fraction of sp³-hybridized carbons (Fsp3) is 0.286. The lowest BCUT2D eigenvalue weighted by atomic mass is 9.77. The summed E-state index contributed by atoms with van der Waals surface area (Å²) in [6.07, 6.45) is 8.71. The summed E-state index contributed by atoms with van der Waals surface area (Å²) in [6.45, 7) is 0. The van der Waals surface area contributed by atoms with Crippen molar-refractivity contribution in [1.82, 2.24) is 25.1 Å². The predicted octanol–water partition coefficient (Wildman–Crippen LogP) is 6.01. The number of rotatable bonds is 5. The Kier molecular flexibility index (Phi) is 5.52. The zero-order valence-corrected chi connectivity index (χ0v) is 19.6. The number of hydrogen-bond acceptors (Lipinski definition) is 5. The molecule has 35 heavy (non-hydrogen) atoms. The maximum Gasteiger partial charge on any atom is 0.305 e. The van der Waals surface area contributed by atoms with E-state index < -0.39 is 0 Å². The van der Waals surface area contributed by atoms with Crippen LogP contribution in [0.3, 0.4) is 0 Å². The molecule has 0 bridgehead atoms. The molecule has 0 spiro atoms. The van der Waals surface area contributed by atoms with Crippen molar-refractivity contribution in [1.29, 1.82) is 0 Å². The molecule has 0 unspecified atom stereocenters. The van der Waals surface area contributed by atoms with Crippen LogP contribution in [0.15, 0.2) is 60.9 Å². The van der Waals surface area contributed by atoms with Gasteiger partial charge < -0.3 is 14.9 Å². The summed E-state index contributed by atoms with van der Waals surface area (Å²) >= 11 is 0. The summed E-state index contributed by atoms with van der Waals surface area (Å²) in [5, 5.41) is 7.17. The number of aromatic nitrogens is 5. The van der Waals surface area contributed by atoms with E-state index in [0.29, 0.717) is 24.1 Å². The third-order valence-electron chi connectivity index (χ3n) is 7.26. The molecule has 7 nitrogen and oxygen atoms in total. The van der Waals surface area contributed by atoms with Gasteiger partial charge in [-0.1, -0.05) is 24.3 Å². The minimum absolute atomic E-state index is 0.0914. The first-order valence-electron chi connectivity index (χ1n) is 12.1. The normalized spacial score (nSPS) is 18.2. The smallest absolute Gasteiger partial charge is 0.305 e. The number of imidazole rings is 1. The van der Waals surface area contributed by atoms with Gasteiger partial charge >= 0.3 is 5.97 Å². The second kappa shape index (κ2) is 8.98. The zero-order chi connectivity index (χ0) is 23.8. The predicted molar refractivity (Wildman–Crippen MR) is 136 cm³/mol. The Hall–Kier alpha value is -4.00. The molecule has 3 heterocycles. The van der Waals surface area contributed by atoms with Crippen molar-refractivity contribution in [3.63, 3.8) is 0 Å². The summed E-state index contributed by atoms with van der Waals surface area (Å²) in [6, 6.07) is 16.9. The van der Waals surface area contributed by atoms with Gasteiger partial charge in [0.25, 0.3) is 0 Å². The number of pyridine rings is 1. The van der Waals surface area contributed by atoms with Gasteiger partial charge in [0, 0.05) is 35.3 Å². The van der Waals surface area contributed by atoms with E-state index in [2.05, 4.69) is 34.5 Å². The van der Waals surface area contributed by atoms with E-state index in [1.807, 2.05) is 36.7 Å². The monoisotopic (exact) mass is 465 g/mol. The second-order valence-electron chi connectivity index (χ2n) is 9.44. The van der Waals surface area contributed by atoms with Crippen molar-refractivity contribution < 1.29 is 9.53 Å². The number of carbonyl (C=O) groups excluding carboxylic acids is 1. The molecular formula is C28H27N5O2. The topological polar surface area (TPSA) is 96.5 Å². The van der Waals surface area contributed by atoms with Crippen molar-refractivity contribution in [2.75, 3.05) is 7.11 Å². The first-order valence-corrected chi connectivity index (χ1v) is 12.1. The molecule has 0 aliphatic heterocycles. The summed E-state index contributed by atoms with van der Waals surface area (Å²) in [4.78, 5) is 25.6. The quantitative estimate of drug-likeness (QED) is 0.310. The molecule has 0 atom stereocenters. The average molecular weight is 466 g/mol. The molecule has 2 aromatic carbocycles. The van der Waals surface area contributed by atoms with Crippen LogP contribution in [-0.2, 0) is 9.53 Å². The van der Waals surface area contributed by atoms with E-state index in [-0.39, 0.29) is 5.97 Å². The Morgan fingerprint density at radius 1 is 0.971 bits per heavy atom. The van der Waals surface area contributed by atoms with Crippen LogP contribution >= 0.6 is 0 Å².